The van der Waals surface area contributed by atoms with Crippen molar-refractivity contribution in [2.24, 2.45) is 10.9 Å². The van der Waals surface area contributed by atoms with E-state index in [1.54, 1.807) is 12.1 Å². The van der Waals surface area contributed by atoms with Crippen molar-refractivity contribution in [3.8, 4) is 0 Å². The number of halogens is 4. The van der Waals surface area contributed by atoms with Crippen molar-refractivity contribution in [1.82, 2.24) is 15.5 Å². The highest BCUT2D eigenvalue weighted by Gasteiger charge is 2.62. The Bertz CT molecular complexity index is 1050. The van der Waals surface area contributed by atoms with Crippen LogP contribution in [0, 0.1) is 9.62 Å². The summed E-state index contributed by atoms with van der Waals surface area (Å²) in [7, 11) is 0. The van der Waals surface area contributed by atoms with Crippen LogP contribution in [-0.4, -0.2) is 51.8 Å². The number of benzene rings is 1. The van der Waals surface area contributed by atoms with Gasteiger partial charge in [-0.15, -0.1) is 0 Å². The van der Waals surface area contributed by atoms with E-state index in [1.807, 2.05) is 36.4 Å². The number of hydrogen-bond acceptors (Lipinski definition) is 7. The van der Waals surface area contributed by atoms with E-state index in [4.69, 9.17) is 9.36 Å². The molecule has 0 spiro atoms. The molecular formula is C21H22F3IN4O4. The Morgan fingerprint density at radius 2 is 2.03 bits per heavy atom. The van der Waals surface area contributed by atoms with E-state index >= 15 is 0 Å². The van der Waals surface area contributed by atoms with Gasteiger partial charge < -0.3 is 14.5 Å². The molecule has 2 N–H and O–H groups in total. The van der Waals surface area contributed by atoms with Crippen LogP contribution in [-0.2, 0) is 15.4 Å². The van der Waals surface area contributed by atoms with Gasteiger partial charge in [-0.05, 0) is 28.5 Å². The summed E-state index contributed by atoms with van der Waals surface area (Å²) in [5, 5.41) is 14.1. The molecule has 12 heteroatoms. The summed E-state index contributed by atoms with van der Waals surface area (Å²) < 4.78 is 48.3. The molecular weight excluding hydrogens is 556 g/mol. The van der Waals surface area contributed by atoms with Gasteiger partial charge in [0.1, 0.15) is 15.5 Å². The summed E-state index contributed by atoms with van der Waals surface area (Å²) in [6.07, 6.45) is -5.78. The topological polar surface area (TPSA) is 100 Å². The molecule has 0 bridgehead atoms. The number of aliphatic hydroxyl groups is 1. The lowest BCUT2D eigenvalue weighted by Crippen LogP contribution is -2.47. The smallest absolute Gasteiger partial charge is 0.391 e. The number of likely N-dealkylation sites (tertiary alicyclic amines) is 1. The molecule has 1 unspecified atom stereocenters. The summed E-state index contributed by atoms with van der Waals surface area (Å²) in [4.78, 5) is 23.8. The Morgan fingerprint density at radius 3 is 2.61 bits per heavy atom. The number of amides is 1. The highest BCUT2D eigenvalue weighted by Crippen LogP contribution is 2.45. The van der Waals surface area contributed by atoms with Crippen LogP contribution in [0.3, 0.4) is 0 Å². The first-order chi connectivity index (χ1) is 15.5. The van der Waals surface area contributed by atoms with Crippen molar-refractivity contribution in [3.05, 3.63) is 51.4 Å². The highest BCUT2D eigenvalue weighted by atomic mass is 127. The van der Waals surface area contributed by atoms with Crippen molar-refractivity contribution in [2.45, 2.75) is 50.2 Å². The number of alkyl halides is 3. The van der Waals surface area contributed by atoms with Gasteiger partial charge >= 0.3 is 11.9 Å². The van der Waals surface area contributed by atoms with Gasteiger partial charge in [0, 0.05) is 24.6 Å². The number of aliphatic imine (C=N–C) groups is 1. The molecule has 4 atom stereocenters. The number of nitrogens with zero attached hydrogens (tertiary/aromatic N) is 3. The molecule has 1 aromatic heterocycles. The number of aliphatic hydroxyl groups excluding tert-OH is 1. The van der Waals surface area contributed by atoms with E-state index < -0.39 is 35.9 Å². The molecule has 1 fully saturated rings. The molecule has 1 saturated heterocycles. The first-order valence-corrected chi connectivity index (χ1v) is 11.4. The number of hydrogen-bond donors (Lipinski definition) is 2. The summed E-state index contributed by atoms with van der Waals surface area (Å²) in [5.74, 6) is -1.12. The minimum absolute atomic E-state index is 0.0163. The number of hydroxylamine groups is 1. The summed E-state index contributed by atoms with van der Waals surface area (Å²) in [6, 6.07) is 7.77. The van der Waals surface area contributed by atoms with Crippen molar-refractivity contribution in [3.63, 3.8) is 0 Å². The molecule has 3 heterocycles. The third-order valence-corrected chi connectivity index (χ3v) is 6.26. The summed E-state index contributed by atoms with van der Waals surface area (Å²) >= 11 is 1.96. The second-order valence-electron chi connectivity index (χ2n) is 8.38. The van der Waals surface area contributed by atoms with Crippen LogP contribution < -0.4 is 5.48 Å². The molecule has 4 rings (SSSR count). The predicted octanol–water partition coefficient (Wildman–Crippen LogP) is 3.33. The fourth-order valence-corrected chi connectivity index (χ4v) is 4.61. The Kier molecular flexibility index (Phi) is 6.44. The second kappa shape index (κ2) is 8.87. The number of carbonyl (C=O) groups excluding carboxylic acids is 1. The van der Waals surface area contributed by atoms with E-state index in [0.717, 1.165) is 0 Å². The zero-order valence-electron chi connectivity index (χ0n) is 17.7. The largest absolute Gasteiger partial charge is 0.445 e. The van der Waals surface area contributed by atoms with E-state index in [1.165, 1.54) is 29.2 Å². The fourth-order valence-electron chi connectivity index (χ4n) is 4.20. The first kappa shape index (κ1) is 24.0. The van der Waals surface area contributed by atoms with E-state index in [2.05, 4.69) is 15.6 Å². The van der Waals surface area contributed by atoms with Crippen LogP contribution in [0.2, 0.25) is 0 Å². The number of nitrogens with one attached hydrogen (secondary N) is 1. The normalized spacial score (nSPS) is 26.4. The number of rotatable bonds is 5. The van der Waals surface area contributed by atoms with Gasteiger partial charge in [-0.1, -0.05) is 49.3 Å². The zero-order chi connectivity index (χ0) is 24.0. The monoisotopic (exact) mass is 578 g/mol. The van der Waals surface area contributed by atoms with Gasteiger partial charge in [0.25, 0.3) is 0 Å². The minimum atomic E-state index is -4.87. The van der Waals surface area contributed by atoms with Gasteiger partial charge in [0.15, 0.2) is 5.76 Å². The summed E-state index contributed by atoms with van der Waals surface area (Å²) in [6.45, 7) is 3.61. The van der Waals surface area contributed by atoms with Crippen LogP contribution in [0.1, 0.15) is 37.5 Å². The molecule has 0 saturated carbocycles. The molecule has 33 heavy (non-hydrogen) atoms. The van der Waals surface area contributed by atoms with E-state index in [0.29, 0.717) is 9.46 Å². The van der Waals surface area contributed by atoms with Crippen molar-refractivity contribution in [2.75, 3.05) is 6.54 Å². The Balaban J connectivity index is 1.70. The number of β-amino-alcohol motifs (C(OH)–C–C–N with tert-alkyl or cyclic N) is 1. The maximum absolute atomic E-state index is 14.1. The summed E-state index contributed by atoms with van der Waals surface area (Å²) in [5.41, 5.74) is -0.855. The first-order valence-electron chi connectivity index (χ1n) is 10.3. The Hall–Kier alpha value is -2.19. The average Bonchev–Trinajstić information content (AvgIpc) is 3.46. The van der Waals surface area contributed by atoms with Gasteiger partial charge in [-0.2, -0.15) is 13.2 Å². The van der Waals surface area contributed by atoms with Crippen LogP contribution in [0.4, 0.5) is 13.2 Å². The highest BCUT2D eigenvalue weighted by molar-refractivity contribution is 14.1. The molecule has 0 radical (unpaired) electrons. The third kappa shape index (κ3) is 4.35. The van der Waals surface area contributed by atoms with Gasteiger partial charge in [-0.3, -0.25) is 4.79 Å². The molecule has 1 amide bonds. The van der Waals surface area contributed by atoms with Crippen molar-refractivity contribution in [1.29, 1.82) is 0 Å². The van der Waals surface area contributed by atoms with Crippen LogP contribution in [0.25, 0.3) is 0 Å². The SMILES string of the molecule is CC(C)[C@@H](C(=O)N1C[C@H](O)C[C@H]1C1=NC(c2ccccc2)(C(F)(F)F)ON1)c1cc(I)no1. The van der Waals surface area contributed by atoms with Crippen molar-refractivity contribution >= 4 is 34.3 Å². The molecule has 2 aliphatic rings. The van der Waals surface area contributed by atoms with Crippen LogP contribution >= 0.6 is 22.6 Å². The van der Waals surface area contributed by atoms with Crippen LogP contribution in [0.5, 0.6) is 0 Å². The van der Waals surface area contributed by atoms with Crippen LogP contribution in [0.15, 0.2) is 45.9 Å². The fraction of sp³-hybridized carbons (Fsp3) is 0.476. The van der Waals surface area contributed by atoms with E-state index in [-0.39, 0.29) is 30.3 Å². The molecule has 8 nitrogen and oxygen atoms in total. The minimum Gasteiger partial charge on any atom is -0.391 e. The lowest BCUT2D eigenvalue weighted by molar-refractivity contribution is -0.285. The van der Waals surface area contributed by atoms with Crippen molar-refractivity contribution < 1.29 is 32.4 Å². The Labute approximate surface area is 201 Å². The Morgan fingerprint density at radius 1 is 1.33 bits per heavy atom. The average molecular weight is 578 g/mol. The predicted molar refractivity (Wildman–Crippen MR) is 119 cm³/mol. The molecule has 2 aromatic rings. The van der Waals surface area contributed by atoms with Gasteiger partial charge in [0.2, 0.25) is 5.91 Å². The maximum Gasteiger partial charge on any atom is 0.445 e. The third-order valence-electron chi connectivity index (χ3n) is 5.75. The zero-order valence-corrected chi connectivity index (χ0v) is 19.9. The molecule has 178 valence electrons. The molecule has 2 aliphatic heterocycles. The lowest BCUT2D eigenvalue weighted by atomic mass is 9.91. The van der Waals surface area contributed by atoms with E-state index in [9.17, 15) is 23.1 Å². The maximum atomic E-state index is 14.1. The van der Waals surface area contributed by atoms with Gasteiger partial charge in [0.05, 0.1) is 12.1 Å². The van der Waals surface area contributed by atoms with Gasteiger partial charge in [-0.25, -0.2) is 15.3 Å². The second-order valence-corrected chi connectivity index (χ2v) is 9.48. The number of carbonyl (C=O) groups is 1. The lowest BCUT2D eigenvalue weighted by Gasteiger charge is -2.29. The quantitative estimate of drug-likeness (QED) is 0.529. The molecule has 1 aromatic carbocycles. The standard InChI is InChI=1S/C21H22F3IN4O4/c1-11(2)17(15-9-16(25)27-32-15)19(31)29-10-13(30)8-14(29)18-26-20(33-28-18,21(22,23)24)12-6-4-3-5-7-12/h3-7,9,11,13-14,17,30H,8,10H2,1-2H3,(H,26,28)/t13-,14+,17-,20?/m1/s1. The number of aromatic nitrogens is 1. The molecule has 0 aliphatic carbocycles. The number of amidine groups is 1.